The van der Waals surface area contributed by atoms with Crippen LogP contribution in [0.2, 0.25) is 0 Å². The highest BCUT2D eigenvalue weighted by Crippen LogP contribution is 2.59. The van der Waals surface area contributed by atoms with Crippen molar-refractivity contribution in [3.05, 3.63) is 78.5 Å². The van der Waals surface area contributed by atoms with Gasteiger partial charge in [0, 0.05) is 11.5 Å². The number of carbonyl (C=O) groups is 1. The second-order valence-electron chi connectivity index (χ2n) is 7.13. The van der Waals surface area contributed by atoms with E-state index in [1.807, 2.05) is 44.2 Å². The third-order valence-corrected chi connectivity index (χ3v) is 4.95. The van der Waals surface area contributed by atoms with E-state index in [1.165, 1.54) is 0 Å². The molecule has 0 bridgehead atoms. The van der Waals surface area contributed by atoms with Crippen molar-refractivity contribution in [2.24, 2.45) is 17.3 Å². The number of nitrogens with zero attached hydrogens (tertiary/aromatic N) is 1. The monoisotopic (exact) mass is 359 g/mol. The molecule has 1 saturated carbocycles. The summed E-state index contributed by atoms with van der Waals surface area (Å²) in [4.78, 5) is 12.6. The summed E-state index contributed by atoms with van der Waals surface area (Å²) in [6.07, 6.45) is 0.809. The summed E-state index contributed by atoms with van der Waals surface area (Å²) in [5, 5.41) is 9.51. The van der Waals surface area contributed by atoms with Crippen LogP contribution in [0.5, 0.6) is 11.5 Å². The molecule has 0 spiro atoms. The number of para-hydroxylation sites is 1. The molecule has 0 N–H and O–H groups in total. The van der Waals surface area contributed by atoms with Gasteiger partial charge in [0.1, 0.15) is 17.6 Å². The van der Waals surface area contributed by atoms with Crippen molar-refractivity contribution in [2.75, 3.05) is 0 Å². The molecule has 0 aliphatic heterocycles. The summed E-state index contributed by atoms with van der Waals surface area (Å²) in [6, 6.07) is 18.4. The second-order valence-corrected chi connectivity index (χ2v) is 7.13. The molecule has 0 unspecified atom stereocenters. The Balaban J connectivity index is 1.73. The minimum atomic E-state index is -0.985. The van der Waals surface area contributed by atoms with Crippen LogP contribution in [0.3, 0.4) is 0 Å². The highest BCUT2D eigenvalue weighted by atomic mass is 16.5. The summed E-state index contributed by atoms with van der Waals surface area (Å²) in [5.74, 6) is 0.645. The van der Waals surface area contributed by atoms with Crippen molar-refractivity contribution in [2.45, 2.75) is 20.0 Å². The molecule has 4 nitrogen and oxygen atoms in total. The summed E-state index contributed by atoms with van der Waals surface area (Å²) < 4.78 is 11.3. The number of esters is 1. The van der Waals surface area contributed by atoms with E-state index in [2.05, 4.69) is 18.4 Å². The van der Waals surface area contributed by atoms with E-state index in [0.29, 0.717) is 17.1 Å². The third kappa shape index (κ3) is 3.95. The zero-order valence-corrected chi connectivity index (χ0v) is 15.4. The zero-order valence-electron chi connectivity index (χ0n) is 15.4. The number of allylic oxidation sites excluding steroid dienone is 1. The van der Waals surface area contributed by atoms with Crippen molar-refractivity contribution >= 4 is 5.97 Å². The average Bonchev–Trinajstić information content (AvgIpc) is 3.21. The molecule has 3 atom stereocenters. The third-order valence-electron chi connectivity index (χ3n) is 4.95. The predicted octanol–water partition coefficient (Wildman–Crippen LogP) is 5.20. The molecule has 2 aromatic rings. The Hall–Kier alpha value is -3.28. The van der Waals surface area contributed by atoms with E-state index in [9.17, 15) is 10.1 Å². The van der Waals surface area contributed by atoms with Gasteiger partial charge in [0.05, 0.1) is 5.92 Å². The quantitative estimate of drug-likeness (QED) is 0.525. The van der Waals surface area contributed by atoms with Crippen molar-refractivity contribution < 1.29 is 14.3 Å². The number of carbonyl (C=O) groups excluding carboxylic acids is 1. The highest BCUT2D eigenvalue weighted by Gasteiger charge is 2.61. The molecule has 0 heterocycles. The van der Waals surface area contributed by atoms with Crippen LogP contribution in [0.4, 0.5) is 0 Å². The Morgan fingerprint density at radius 2 is 1.89 bits per heavy atom. The fraction of sp³-hybridized carbons (Fsp3) is 0.261. The normalized spacial score (nSPS) is 20.5. The molecule has 1 fully saturated rings. The maximum Gasteiger partial charge on any atom is 0.311 e. The van der Waals surface area contributed by atoms with Gasteiger partial charge in [-0.25, -0.2) is 0 Å². The molecule has 136 valence electrons. The van der Waals surface area contributed by atoms with Gasteiger partial charge in [-0.2, -0.15) is 5.26 Å². The SMILES string of the molecule is C=C=C[C@H]1[C@@H](C(=O)O[C@H](C#N)c2cccc(Oc3ccccc3)c2)C1(C)C. The van der Waals surface area contributed by atoms with Gasteiger partial charge in [0.15, 0.2) is 0 Å². The second kappa shape index (κ2) is 7.53. The highest BCUT2D eigenvalue weighted by molar-refractivity contribution is 5.78. The van der Waals surface area contributed by atoms with Gasteiger partial charge < -0.3 is 9.47 Å². The van der Waals surface area contributed by atoms with Crippen molar-refractivity contribution in [1.82, 2.24) is 0 Å². The lowest BCUT2D eigenvalue weighted by molar-refractivity contribution is -0.149. The lowest BCUT2D eigenvalue weighted by atomic mass is 10.1. The van der Waals surface area contributed by atoms with Gasteiger partial charge in [-0.15, -0.1) is 5.73 Å². The Bertz CT molecular complexity index is 920. The zero-order chi connectivity index (χ0) is 19.4. The van der Waals surface area contributed by atoms with Crippen LogP contribution in [-0.2, 0) is 9.53 Å². The Morgan fingerprint density at radius 1 is 1.19 bits per heavy atom. The number of rotatable bonds is 6. The van der Waals surface area contributed by atoms with Crippen LogP contribution in [0.25, 0.3) is 0 Å². The first-order valence-corrected chi connectivity index (χ1v) is 8.76. The van der Waals surface area contributed by atoms with Crippen LogP contribution >= 0.6 is 0 Å². The summed E-state index contributed by atoms with van der Waals surface area (Å²) in [5.41, 5.74) is 3.10. The largest absolute Gasteiger partial charge is 0.457 e. The number of hydrogen-bond donors (Lipinski definition) is 0. The van der Waals surface area contributed by atoms with E-state index in [1.54, 1.807) is 30.3 Å². The maximum absolute atomic E-state index is 12.6. The number of benzene rings is 2. The lowest BCUT2D eigenvalue weighted by Crippen LogP contribution is -2.14. The molecule has 0 radical (unpaired) electrons. The fourth-order valence-electron chi connectivity index (χ4n) is 3.29. The van der Waals surface area contributed by atoms with Crippen molar-refractivity contribution in [3.8, 4) is 17.6 Å². The van der Waals surface area contributed by atoms with Gasteiger partial charge in [0.25, 0.3) is 0 Å². The Labute approximate surface area is 159 Å². The molecule has 3 rings (SSSR count). The molecule has 27 heavy (non-hydrogen) atoms. The molecule has 0 amide bonds. The number of nitriles is 1. The predicted molar refractivity (Wildman–Crippen MR) is 102 cm³/mol. The van der Waals surface area contributed by atoms with Crippen molar-refractivity contribution in [3.63, 3.8) is 0 Å². The summed E-state index contributed by atoms with van der Waals surface area (Å²) in [6.45, 7) is 7.56. The van der Waals surface area contributed by atoms with Crippen LogP contribution in [0.15, 0.2) is 73.0 Å². The summed E-state index contributed by atoms with van der Waals surface area (Å²) in [7, 11) is 0. The van der Waals surface area contributed by atoms with Gasteiger partial charge in [-0.05, 0) is 35.8 Å². The number of ether oxygens (including phenoxy) is 2. The topological polar surface area (TPSA) is 59.3 Å². The molecule has 4 heteroatoms. The van der Waals surface area contributed by atoms with E-state index < -0.39 is 6.10 Å². The van der Waals surface area contributed by atoms with Gasteiger partial charge in [0.2, 0.25) is 6.10 Å². The number of hydrogen-bond acceptors (Lipinski definition) is 4. The van der Waals surface area contributed by atoms with E-state index in [0.717, 1.165) is 0 Å². The van der Waals surface area contributed by atoms with Crippen LogP contribution < -0.4 is 4.74 Å². The maximum atomic E-state index is 12.6. The molecule has 1 aliphatic rings. The minimum Gasteiger partial charge on any atom is -0.457 e. The Morgan fingerprint density at radius 3 is 2.56 bits per heavy atom. The van der Waals surface area contributed by atoms with Crippen LogP contribution in [0.1, 0.15) is 25.5 Å². The molecule has 1 aliphatic carbocycles. The fourth-order valence-corrected chi connectivity index (χ4v) is 3.29. The first-order valence-electron chi connectivity index (χ1n) is 8.76. The Kier molecular flexibility index (Phi) is 5.16. The molecular formula is C23H21NO3. The molecule has 0 saturated heterocycles. The lowest BCUT2D eigenvalue weighted by Gasteiger charge is -2.13. The van der Waals surface area contributed by atoms with Crippen LogP contribution in [0, 0.1) is 28.6 Å². The smallest absolute Gasteiger partial charge is 0.311 e. The first kappa shape index (κ1) is 18.5. The van der Waals surface area contributed by atoms with Gasteiger partial charge in [-0.1, -0.05) is 50.8 Å². The van der Waals surface area contributed by atoms with E-state index in [-0.39, 0.29) is 23.2 Å². The van der Waals surface area contributed by atoms with Gasteiger partial charge in [-0.3, -0.25) is 4.79 Å². The molecule has 2 aromatic carbocycles. The van der Waals surface area contributed by atoms with Crippen LogP contribution in [-0.4, -0.2) is 5.97 Å². The molecular weight excluding hydrogens is 338 g/mol. The van der Waals surface area contributed by atoms with Gasteiger partial charge >= 0.3 is 5.97 Å². The minimum absolute atomic E-state index is 0.0367. The van der Waals surface area contributed by atoms with E-state index in [4.69, 9.17) is 9.47 Å². The van der Waals surface area contributed by atoms with Crippen molar-refractivity contribution in [1.29, 1.82) is 5.26 Å². The standard InChI is InChI=1S/C23H21NO3/c1-4-9-19-21(23(19,2)3)22(25)27-20(15-24)16-10-8-13-18(14-16)26-17-11-6-5-7-12-17/h5-14,19-21H,1H2,2-3H3/t19-,20+,21-/m0/s1. The molecule has 0 aromatic heterocycles. The van der Waals surface area contributed by atoms with E-state index >= 15 is 0 Å². The average molecular weight is 359 g/mol. The summed E-state index contributed by atoms with van der Waals surface area (Å²) >= 11 is 0. The first-order chi connectivity index (χ1) is 13.0.